The maximum Gasteiger partial charge on any atom is 0.255 e. The van der Waals surface area contributed by atoms with Gasteiger partial charge in [-0.2, -0.15) is 0 Å². The minimum atomic E-state index is -0.294. The van der Waals surface area contributed by atoms with Gasteiger partial charge < -0.3 is 15.4 Å². The molecule has 0 saturated heterocycles. The van der Waals surface area contributed by atoms with Crippen molar-refractivity contribution in [2.45, 2.75) is 13.8 Å². The van der Waals surface area contributed by atoms with E-state index < -0.39 is 0 Å². The average molecular weight is 347 g/mol. The largest absolute Gasteiger partial charge is 0.496 e. The monoisotopic (exact) mass is 346 g/mol. The van der Waals surface area contributed by atoms with Crippen LogP contribution in [-0.4, -0.2) is 25.5 Å². The number of methoxy groups -OCH3 is 1. The number of hydrogen-bond donors (Lipinski definition) is 2. The Bertz CT molecular complexity index is 775. The standard InChI is InChI=1S/C18H19ClN2O3/c1-4-20-18(23)14-10-13(7-8-15(14)19)21-17(22)12-6-5-11(2)16(9-12)24-3/h5-10H,4H2,1-3H3,(H,20,23)(H,21,22). The van der Waals surface area contributed by atoms with Gasteiger partial charge in [0.2, 0.25) is 0 Å². The lowest BCUT2D eigenvalue weighted by atomic mass is 10.1. The first-order valence-corrected chi connectivity index (χ1v) is 7.87. The highest BCUT2D eigenvalue weighted by molar-refractivity contribution is 6.34. The lowest BCUT2D eigenvalue weighted by molar-refractivity contribution is 0.0954. The quantitative estimate of drug-likeness (QED) is 0.868. The Hall–Kier alpha value is -2.53. The molecule has 2 rings (SSSR count). The Morgan fingerprint density at radius 1 is 1.12 bits per heavy atom. The van der Waals surface area contributed by atoms with Gasteiger partial charge in [0, 0.05) is 17.8 Å². The topological polar surface area (TPSA) is 67.4 Å². The highest BCUT2D eigenvalue weighted by Crippen LogP contribution is 2.23. The van der Waals surface area contributed by atoms with Crippen molar-refractivity contribution in [2.24, 2.45) is 0 Å². The minimum absolute atomic E-state index is 0.282. The van der Waals surface area contributed by atoms with Crippen LogP contribution < -0.4 is 15.4 Å². The van der Waals surface area contributed by atoms with Crippen molar-refractivity contribution in [1.82, 2.24) is 5.32 Å². The first-order valence-electron chi connectivity index (χ1n) is 7.50. The Kier molecular flexibility index (Phi) is 5.82. The zero-order chi connectivity index (χ0) is 17.7. The van der Waals surface area contributed by atoms with Crippen LogP contribution in [0.2, 0.25) is 5.02 Å². The van der Waals surface area contributed by atoms with Crippen LogP contribution in [0, 0.1) is 6.92 Å². The number of nitrogens with one attached hydrogen (secondary N) is 2. The molecule has 5 nitrogen and oxygen atoms in total. The van der Waals surface area contributed by atoms with E-state index >= 15 is 0 Å². The van der Waals surface area contributed by atoms with Gasteiger partial charge in [-0.05, 0) is 49.7 Å². The van der Waals surface area contributed by atoms with Crippen molar-refractivity contribution < 1.29 is 14.3 Å². The smallest absolute Gasteiger partial charge is 0.255 e. The van der Waals surface area contributed by atoms with Gasteiger partial charge in [0.15, 0.2) is 0 Å². The third kappa shape index (κ3) is 4.06. The molecule has 6 heteroatoms. The van der Waals surface area contributed by atoms with Crippen molar-refractivity contribution in [3.05, 3.63) is 58.1 Å². The summed E-state index contributed by atoms with van der Waals surface area (Å²) in [5.74, 6) is 0.0647. The van der Waals surface area contributed by atoms with E-state index in [0.717, 1.165) is 5.56 Å². The van der Waals surface area contributed by atoms with Crippen LogP contribution in [0.25, 0.3) is 0 Å². The minimum Gasteiger partial charge on any atom is -0.496 e. The maximum absolute atomic E-state index is 12.4. The molecule has 0 aliphatic carbocycles. The molecule has 0 aliphatic rings. The molecule has 0 unspecified atom stereocenters. The van der Waals surface area contributed by atoms with E-state index in [1.807, 2.05) is 19.9 Å². The molecule has 0 aliphatic heterocycles. The van der Waals surface area contributed by atoms with E-state index in [1.54, 1.807) is 37.4 Å². The van der Waals surface area contributed by atoms with Crippen molar-refractivity contribution in [1.29, 1.82) is 0 Å². The summed E-state index contributed by atoms with van der Waals surface area (Å²) in [5, 5.41) is 5.77. The predicted molar refractivity (Wildman–Crippen MR) is 95.1 cm³/mol. The summed E-state index contributed by atoms with van der Waals surface area (Å²) >= 11 is 6.05. The summed E-state index contributed by atoms with van der Waals surface area (Å²) in [4.78, 5) is 24.4. The van der Waals surface area contributed by atoms with Gasteiger partial charge in [-0.15, -0.1) is 0 Å². The lowest BCUT2D eigenvalue weighted by Crippen LogP contribution is -2.23. The number of aryl methyl sites for hydroxylation is 1. The molecule has 0 bridgehead atoms. The maximum atomic E-state index is 12.4. The highest BCUT2D eigenvalue weighted by atomic mass is 35.5. The third-order valence-electron chi connectivity index (χ3n) is 3.48. The Labute approximate surface area is 146 Å². The molecule has 24 heavy (non-hydrogen) atoms. The van der Waals surface area contributed by atoms with Gasteiger partial charge in [0.25, 0.3) is 11.8 Å². The molecule has 0 radical (unpaired) electrons. The Morgan fingerprint density at radius 3 is 2.54 bits per heavy atom. The fourth-order valence-corrected chi connectivity index (χ4v) is 2.40. The van der Waals surface area contributed by atoms with Gasteiger partial charge in [0.05, 0.1) is 17.7 Å². The summed E-state index contributed by atoms with van der Waals surface area (Å²) in [6, 6.07) is 9.98. The molecule has 0 atom stereocenters. The van der Waals surface area contributed by atoms with Crippen molar-refractivity contribution in [2.75, 3.05) is 19.0 Å². The fraction of sp³-hybridized carbons (Fsp3) is 0.222. The number of benzene rings is 2. The molecule has 126 valence electrons. The van der Waals surface area contributed by atoms with Crippen molar-refractivity contribution >= 4 is 29.1 Å². The molecular weight excluding hydrogens is 328 g/mol. The van der Waals surface area contributed by atoms with Crippen LogP contribution in [0.3, 0.4) is 0 Å². The van der Waals surface area contributed by atoms with Crippen LogP contribution in [-0.2, 0) is 0 Å². The van der Waals surface area contributed by atoms with Crippen LogP contribution in [0.1, 0.15) is 33.2 Å². The molecule has 0 fully saturated rings. The number of rotatable bonds is 5. The van der Waals surface area contributed by atoms with Gasteiger partial charge in [-0.3, -0.25) is 9.59 Å². The van der Waals surface area contributed by atoms with E-state index in [2.05, 4.69) is 10.6 Å². The third-order valence-corrected chi connectivity index (χ3v) is 3.81. The summed E-state index contributed by atoms with van der Waals surface area (Å²) in [6.07, 6.45) is 0. The molecule has 2 aromatic rings. The first-order chi connectivity index (χ1) is 11.5. The highest BCUT2D eigenvalue weighted by Gasteiger charge is 2.13. The molecule has 0 aromatic heterocycles. The Morgan fingerprint density at radius 2 is 1.88 bits per heavy atom. The SMILES string of the molecule is CCNC(=O)c1cc(NC(=O)c2ccc(C)c(OC)c2)ccc1Cl. The van der Waals surface area contributed by atoms with Crippen molar-refractivity contribution in [3.63, 3.8) is 0 Å². The molecule has 2 N–H and O–H groups in total. The second-order valence-electron chi connectivity index (χ2n) is 5.19. The van der Waals surface area contributed by atoms with E-state index in [-0.39, 0.29) is 11.8 Å². The molecule has 0 spiro atoms. The lowest BCUT2D eigenvalue weighted by Gasteiger charge is -2.11. The average Bonchev–Trinajstić information content (AvgIpc) is 2.57. The molecular formula is C18H19ClN2O3. The van der Waals surface area contributed by atoms with E-state index in [9.17, 15) is 9.59 Å². The van der Waals surface area contributed by atoms with Gasteiger partial charge >= 0.3 is 0 Å². The number of amides is 2. The number of carbonyl (C=O) groups is 2. The second-order valence-corrected chi connectivity index (χ2v) is 5.60. The first kappa shape index (κ1) is 17.8. The van der Waals surface area contributed by atoms with E-state index in [4.69, 9.17) is 16.3 Å². The molecule has 2 amide bonds. The summed E-state index contributed by atoms with van der Waals surface area (Å²) < 4.78 is 5.23. The number of ether oxygens (including phenoxy) is 1. The zero-order valence-corrected chi connectivity index (χ0v) is 14.5. The van der Waals surface area contributed by atoms with Crippen molar-refractivity contribution in [3.8, 4) is 5.75 Å². The van der Waals surface area contributed by atoms with Crippen LogP contribution in [0.15, 0.2) is 36.4 Å². The van der Waals surface area contributed by atoms with Crippen LogP contribution in [0.4, 0.5) is 5.69 Å². The number of hydrogen-bond acceptors (Lipinski definition) is 3. The molecule has 2 aromatic carbocycles. The second kappa shape index (κ2) is 7.84. The predicted octanol–water partition coefficient (Wildman–Crippen LogP) is 3.66. The Balaban J connectivity index is 2.23. The van der Waals surface area contributed by atoms with E-state index in [0.29, 0.717) is 34.1 Å². The van der Waals surface area contributed by atoms with Crippen LogP contribution in [0.5, 0.6) is 5.75 Å². The number of carbonyl (C=O) groups excluding carboxylic acids is 2. The van der Waals surface area contributed by atoms with Gasteiger partial charge in [-0.1, -0.05) is 17.7 Å². The normalized spacial score (nSPS) is 10.2. The van der Waals surface area contributed by atoms with Gasteiger partial charge in [-0.25, -0.2) is 0 Å². The molecule has 0 saturated carbocycles. The van der Waals surface area contributed by atoms with Gasteiger partial charge in [0.1, 0.15) is 5.75 Å². The zero-order valence-electron chi connectivity index (χ0n) is 13.8. The van der Waals surface area contributed by atoms with E-state index in [1.165, 1.54) is 0 Å². The summed E-state index contributed by atoms with van der Waals surface area (Å²) in [6.45, 7) is 4.22. The molecule has 0 heterocycles. The summed E-state index contributed by atoms with van der Waals surface area (Å²) in [5.41, 5.74) is 2.22. The van der Waals surface area contributed by atoms with Crippen LogP contribution >= 0.6 is 11.6 Å². The number of halogens is 1. The fourth-order valence-electron chi connectivity index (χ4n) is 2.20. The summed E-state index contributed by atoms with van der Waals surface area (Å²) in [7, 11) is 1.56. The number of anilines is 1.